The van der Waals surface area contributed by atoms with Gasteiger partial charge in [0.05, 0.1) is 22.8 Å². The molecule has 0 aliphatic carbocycles. The molecule has 1 aliphatic rings. The topological polar surface area (TPSA) is 49.9 Å². The van der Waals surface area contributed by atoms with Crippen molar-refractivity contribution in [3.63, 3.8) is 0 Å². The Kier molecular flexibility index (Phi) is 6.09. The number of imide groups is 1. The molecule has 0 bridgehead atoms. The summed E-state index contributed by atoms with van der Waals surface area (Å²) in [5, 5.41) is 0. The summed E-state index contributed by atoms with van der Waals surface area (Å²) in [6.07, 6.45) is 0. The zero-order chi connectivity index (χ0) is 20.3. The highest BCUT2D eigenvalue weighted by Crippen LogP contribution is 2.39. The lowest BCUT2D eigenvalue weighted by Crippen LogP contribution is -2.31. The fraction of sp³-hybridized carbons (Fsp3) is 0.273. The van der Waals surface area contributed by atoms with Crippen LogP contribution in [0.3, 0.4) is 0 Å². The van der Waals surface area contributed by atoms with Crippen LogP contribution >= 0.6 is 11.8 Å². The molecule has 0 radical (unpaired) electrons. The molecule has 0 aromatic heterocycles. The summed E-state index contributed by atoms with van der Waals surface area (Å²) < 4.78 is 5.48. The number of hydrogen-bond acceptors (Lipinski definition) is 5. The summed E-state index contributed by atoms with van der Waals surface area (Å²) in [7, 11) is 3.85. The number of carbonyl (C=O) groups is 2. The van der Waals surface area contributed by atoms with Crippen LogP contribution in [0.4, 0.5) is 11.4 Å². The Hall–Kier alpha value is -2.73. The van der Waals surface area contributed by atoms with Crippen molar-refractivity contribution < 1.29 is 14.3 Å². The molecule has 0 N–H and O–H groups in total. The van der Waals surface area contributed by atoms with Crippen LogP contribution in [0.2, 0.25) is 0 Å². The molecule has 0 atom stereocenters. The van der Waals surface area contributed by atoms with Gasteiger partial charge in [0, 0.05) is 19.8 Å². The summed E-state index contributed by atoms with van der Waals surface area (Å²) in [6, 6.07) is 14.8. The Labute approximate surface area is 170 Å². The van der Waals surface area contributed by atoms with E-state index in [1.165, 1.54) is 16.7 Å². The first kappa shape index (κ1) is 20.0. The Morgan fingerprint density at radius 1 is 1.00 bits per heavy atom. The number of nitrogens with zero attached hydrogens (tertiary/aromatic N) is 2. The second-order valence-corrected chi connectivity index (χ2v) is 7.73. The summed E-state index contributed by atoms with van der Waals surface area (Å²) in [5.74, 6) is 0.891. The lowest BCUT2D eigenvalue weighted by molar-refractivity contribution is -0.119. The average Bonchev–Trinajstić information content (AvgIpc) is 2.93. The van der Waals surface area contributed by atoms with E-state index in [1.54, 1.807) is 6.07 Å². The smallest absolute Gasteiger partial charge is 0.272 e. The van der Waals surface area contributed by atoms with Crippen LogP contribution in [-0.2, 0) is 9.59 Å². The van der Waals surface area contributed by atoms with Crippen molar-refractivity contribution in [3.8, 4) is 5.75 Å². The first-order valence-electron chi connectivity index (χ1n) is 9.24. The van der Waals surface area contributed by atoms with Crippen LogP contribution in [0.25, 0.3) is 5.57 Å². The Morgan fingerprint density at radius 3 is 2.32 bits per heavy atom. The van der Waals surface area contributed by atoms with Gasteiger partial charge in [0.2, 0.25) is 0 Å². The molecule has 1 aliphatic heterocycles. The SMILES string of the molecule is CCOc1ccc(C2=C(SCC)C(=O)N(c3cccc(N(C)C)c3)C2=O)cc1. The number of ether oxygens (including phenoxy) is 1. The van der Waals surface area contributed by atoms with Crippen LogP contribution in [0.1, 0.15) is 19.4 Å². The molecule has 28 heavy (non-hydrogen) atoms. The molecule has 2 aromatic carbocycles. The highest BCUT2D eigenvalue weighted by Gasteiger charge is 2.40. The second-order valence-electron chi connectivity index (χ2n) is 6.45. The highest BCUT2D eigenvalue weighted by atomic mass is 32.2. The quantitative estimate of drug-likeness (QED) is 0.657. The van der Waals surface area contributed by atoms with E-state index in [0.29, 0.717) is 28.5 Å². The van der Waals surface area contributed by atoms with Gasteiger partial charge in [-0.1, -0.05) is 25.1 Å². The summed E-state index contributed by atoms with van der Waals surface area (Å²) in [6.45, 7) is 4.47. The Bertz CT molecular complexity index is 920. The second kappa shape index (κ2) is 8.52. The largest absolute Gasteiger partial charge is 0.494 e. The first-order chi connectivity index (χ1) is 13.5. The van der Waals surface area contributed by atoms with E-state index < -0.39 is 0 Å². The summed E-state index contributed by atoms with van der Waals surface area (Å²) >= 11 is 1.40. The molecule has 3 rings (SSSR count). The predicted octanol–water partition coefficient (Wildman–Crippen LogP) is 4.19. The maximum atomic E-state index is 13.3. The van der Waals surface area contributed by atoms with Gasteiger partial charge in [-0.05, 0) is 48.6 Å². The van der Waals surface area contributed by atoms with Gasteiger partial charge >= 0.3 is 0 Å². The number of thioether (sulfide) groups is 1. The van der Waals surface area contributed by atoms with Crippen molar-refractivity contribution in [2.24, 2.45) is 0 Å². The van der Waals surface area contributed by atoms with Crippen LogP contribution in [0.5, 0.6) is 5.75 Å². The minimum Gasteiger partial charge on any atom is -0.494 e. The number of anilines is 2. The van der Waals surface area contributed by atoms with Crippen molar-refractivity contribution in [2.75, 3.05) is 36.3 Å². The monoisotopic (exact) mass is 396 g/mol. The molecular weight excluding hydrogens is 372 g/mol. The third kappa shape index (κ3) is 3.78. The van der Waals surface area contributed by atoms with Gasteiger partial charge in [0.15, 0.2) is 0 Å². The van der Waals surface area contributed by atoms with Crippen LogP contribution in [0, 0.1) is 0 Å². The zero-order valence-electron chi connectivity index (χ0n) is 16.6. The third-order valence-corrected chi connectivity index (χ3v) is 5.34. The molecule has 0 unspecified atom stereocenters. The van der Waals surface area contributed by atoms with Gasteiger partial charge in [0.1, 0.15) is 5.75 Å². The third-order valence-electron chi connectivity index (χ3n) is 4.39. The number of carbonyl (C=O) groups excluding carboxylic acids is 2. The molecule has 2 amide bonds. The standard InChI is InChI=1S/C22H24N2O3S/c1-5-27-18-12-10-15(11-13-18)19-20(28-6-2)22(26)24(21(19)25)17-9-7-8-16(14-17)23(3)4/h7-14H,5-6H2,1-4H3. The van der Waals surface area contributed by atoms with E-state index in [-0.39, 0.29) is 11.8 Å². The minimum atomic E-state index is -0.291. The van der Waals surface area contributed by atoms with E-state index in [9.17, 15) is 9.59 Å². The predicted molar refractivity (Wildman–Crippen MR) is 116 cm³/mol. The van der Waals surface area contributed by atoms with Gasteiger partial charge in [-0.3, -0.25) is 9.59 Å². The molecule has 0 fully saturated rings. The van der Waals surface area contributed by atoms with E-state index in [4.69, 9.17) is 4.74 Å². The van der Waals surface area contributed by atoms with E-state index >= 15 is 0 Å². The van der Waals surface area contributed by atoms with Gasteiger partial charge in [0.25, 0.3) is 11.8 Å². The van der Waals surface area contributed by atoms with Crippen molar-refractivity contribution in [1.82, 2.24) is 0 Å². The fourth-order valence-electron chi connectivity index (χ4n) is 3.07. The van der Waals surface area contributed by atoms with Crippen LogP contribution in [-0.4, -0.2) is 38.3 Å². The first-order valence-corrected chi connectivity index (χ1v) is 10.2. The van der Waals surface area contributed by atoms with E-state index in [0.717, 1.165) is 17.0 Å². The molecule has 6 heteroatoms. The lowest BCUT2D eigenvalue weighted by Gasteiger charge is -2.19. The summed E-state index contributed by atoms with van der Waals surface area (Å²) in [5.41, 5.74) is 2.69. The fourth-order valence-corrected chi connectivity index (χ4v) is 3.92. The van der Waals surface area contributed by atoms with E-state index in [1.807, 2.05) is 75.3 Å². The highest BCUT2D eigenvalue weighted by molar-refractivity contribution is 8.04. The van der Waals surface area contributed by atoms with Gasteiger partial charge in [-0.2, -0.15) is 0 Å². The molecule has 5 nitrogen and oxygen atoms in total. The molecule has 0 saturated heterocycles. The molecule has 0 saturated carbocycles. The minimum absolute atomic E-state index is 0.267. The maximum absolute atomic E-state index is 13.3. The van der Waals surface area contributed by atoms with Gasteiger partial charge in [-0.25, -0.2) is 4.90 Å². The van der Waals surface area contributed by atoms with Gasteiger partial charge < -0.3 is 9.64 Å². The summed E-state index contributed by atoms with van der Waals surface area (Å²) in [4.78, 5) is 30.1. The number of benzene rings is 2. The number of rotatable bonds is 7. The van der Waals surface area contributed by atoms with E-state index in [2.05, 4.69) is 0 Å². The number of hydrogen-bond donors (Lipinski definition) is 0. The van der Waals surface area contributed by atoms with Gasteiger partial charge in [-0.15, -0.1) is 11.8 Å². The van der Waals surface area contributed by atoms with Crippen molar-refractivity contribution >= 4 is 40.5 Å². The normalized spacial score (nSPS) is 14.1. The molecule has 146 valence electrons. The Balaban J connectivity index is 2.02. The van der Waals surface area contributed by atoms with Crippen molar-refractivity contribution in [2.45, 2.75) is 13.8 Å². The Morgan fingerprint density at radius 2 is 1.71 bits per heavy atom. The molecular formula is C22H24N2O3S. The maximum Gasteiger partial charge on any atom is 0.272 e. The van der Waals surface area contributed by atoms with Crippen molar-refractivity contribution in [3.05, 3.63) is 59.0 Å². The number of amides is 2. The lowest BCUT2D eigenvalue weighted by atomic mass is 10.1. The van der Waals surface area contributed by atoms with Crippen LogP contribution in [0.15, 0.2) is 53.4 Å². The average molecular weight is 397 g/mol. The van der Waals surface area contributed by atoms with Crippen LogP contribution < -0.4 is 14.5 Å². The zero-order valence-corrected chi connectivity index (χ0v) is 17.4. The van der Waals surface area contributed by atoms with Crippen molar-refractivity contribution in [1.29, 1.82) is 0 Å². The molecule has 1 heterocycles. The molecule has 2 aromatic rings. The molecule has 0 spiro atoms.